The van der Waals surface area contributed by atoms with Crippen molar-refractivity contribution >= 4 is 30.6 Å². The summed E-state index contributed by atoms with van der Waals surface area (Å²) in [7, 11) is 0. The Balaban J connectivity index is 1.89. The van der Waals surface area contributed by atoms with Crippen LogP contribution in [0.15, 0.2) is 46.7 Å². The molecule has 0 radical (unpaired) electrons. The van der Waals surface area contributed by atoms with E-state index in [0.29, 0.717) is 29.7 Å². The van der Waals surface area contributed by atoms with Gasteiger partial charge < -0.3 is 15.0 Å². The van der Waals surface area contributed by atoms with Crippen molar-refractivity contribution < 1.29 is 23.1 Å². The number of halogens is 2. The number of nitrogens with one attached hydrogen (secondary N) is 2. The molecular weight excluding hydrogens is 470 g/mol. The first kappa shape index (κ1) is 26.9. The number of hydrogen-bond acceptors (Lipinski definition) is 8. The number of benzene rings is 1. The number of rotatable bonds is 10. The van der Waals surface area contributed by atoms with Crippen molar-refractivity contribution in [3.63, 3.8) is 0 Å². The maximum Gasteiger partial charge on any atom is 0.272 e. The van der Waals surface area contributed by atoms with Crippen LogP contribution in [0.1, 0.15) is 41.0 Å². The Morgan fingerprint density at radius 3 is 2.67 bits per heavy atom. The minimum Gasteiger partial charge on any atom is -0.470 e. The van der Waals surface area contributed by atoms with Crippen molar-refractivity contribution in [1.82, 2.24) is 15.6 Å². The molecule has 11 heteroatoms. The summed E-state index contributed by atoms with van der Waals surface area (Å²) < 4.78 is 30.1. The summed E-state index contributed by atoms with van der Waals surface area (Å²) in [5.41, 5.74) is 2.74. The SMILES string of the molecule is C=N/N=C(\OCC(F)F)c1ccc(CC(C)(C)c2cc(N3CCNCC3)ccc2C(=O)NC=O)nc1. The average Bonchev–Trinajstić information content (AvgIpc) is 2.87. The van der Waals surface area contributed by atoms with Gasteiger partial charge in [0.05, 0.1) is 5.56 Å². The lowest BCUT2D eigenvalue weighted by atomic mass is 9.77. The minimum atomic E-state index is -2.66. The van der Waals surface area contributed by atoms with Gasteiger partial charge in [-0.15, -0.1) is 5.10 Å². The van der Waals surface area contributed by atoms with Crippen molar-refractivity contribution in [1.29, 1.82) is 0 Å². The van der Waals surface area contributed by atoms with E-state index in [4.69, 9.17) is 4.74 Å². The van der Waals surface area contributed by atoms with Gasteiger partial charge in [-0.25, -0.2) is 8.78 Å². The highest BCUT2D eigenvalue weighted by molar-refractivity contribution is 6.01. The molecule has 1 fully saturated rings. The molecule has 0 bridgehead atoms. The van der Waals surface area contributed by atoms with Crippen LogP contribution in [0.4, 0.5) is 14.5 Å². The number of hydrogen-bond donors (Lipinski definition) is 2. The first-order valence-corrected chi connectivity index (χ1v) is 11.5. The Hall–Kier alpha value is -3.73. The minimum absolute atomic E-state index is 0.0971. The fourth-order valence-corrected chi connectivity index (χ4v) is 4.12. The zero-order valence-corrected chi connectivity index (χ0v) is 20.3. The van der Waals surface area contributed by atoms with Crippen LogP contribution in [0.3, 0.4) is 0 Å². The molecule has 0 aliphatic carbocycles. The molecule has 9 nitrogen and oxygen atoms in total. The zero-order chi connectivity index (χ0) is 26.1. The van der Waals surface area contributed by atoms with Crippen LogP contribution in [-0.2, 0) is 21.4 Å². The van der Waals surface area contributed by atoms with Gasteiger partial charge in [-0.3, -0.25) is 19.9 Å². The van der Waals surface area contributed by atoms with E-state index in [2.05, 4.69) is 37.4 Å². The van der Waals surface area contributed by atoms with E-state index in [-0.39, 0.29) is 5.90 Å². The van der Waals surface area contributed by atoms with E-state index >= 15 is 0 Å². The zero-order valence-electron chi connectivity index (χ0n) is 20.3. The van der Waals surface area contributed by atoms with E-state index in [0.717, 1.165) is 37.4 Å². The number of anilines is 1. The summed E-state index contributed by atoms with van der Waals surface area (Å²) >= 11 is 0. The average molecular weight is 501 g/mol. The van der Waals surface area contributed by atoms with Crippen LogP contribution in [-0.4, -0.2) is 69.1 Å². The van der Waals surface area contributed by atoms with Crippen LogP contribution in [0.2, 0.25) is 0 Å². The molecule has 2 heterocycles. The van der Waals surface area contributed by atoms with Gasteiger partial charge >= 0.3 is 0 Å². The molecule has 2 aromatic rings. The lowest BCUT2D eigenvalue weighted by Gasteiger charge is -2.33. The van der Waals surface area contributed by atoms with Crippen LogP contribution < -0.4 is 15.5 Å². The molecule has 1 aromatic heterocycles. The Morgan fingerprint density at radius 1 is 1.31 bits per heavy atom. The summed E-state index contributed by atoms with van der Waals surface area (Å²) in [5.74, 6) is -0.572. The number of ether oxygens (including phenoxy) is 1. The van der Waals surface area contributed by atoms with Gasteiger partial charge in [-0.05, 0) is 47.7 Å². The second-order valence-electron chi connectivity index (χ2n) is 8.91. The van der Waals surface area contributed by atoms with E-state index in [1.807, 2.05) is 26.0 Å². The molecule has 2 N–H and O–H groups in total. The number of pyridine rings is 1. The molecule has 36 heavy (non-hydrogen) atoms. The predicted octanol–water partition coefficient (Wildman–Crippen LogP) is 2.54. The quantitative estimate of drug-likeness (QED) is 0.225. The normalized spacial score (nSPS) is 14.5. The molecule has 3 rings (SSSR count). The largest absolute Gasteiger partial charge is 0.470 e. The number of carbonyl (C=O) groups excluding carboxylic acids is 2. The maximum atomic E-state index is 12.7. The monoisotopic (exact) mass is 500 g/mol. The van der Waals surface area contributed by atoms with Gasteiger partial charge in [0.2, 0.25) is 12.3 Å². The third-order valence-corrected chi connectivity index (χ3v) is 5.85. The van der Waals surface area contributed by atoms with E-state index in [1.165, 1.54) is 6.20 Å². The van der Waals surface area contributed by atoms with Crippen LogP contribution in [0.25, 0.3) is 0 Å². The fraction of sp³-hybridized carbons (Fsp3) is 0.400. The highest BCUT2D eigenvalue weighted by Crippen LogP contribution is 2.33. The summed E-state index contributed by atoms with van der Waals surface area (Å²) in [4.78, 5) is 30.3. The number of amides is 2. The van der Waals surface area contributed by atoms with Crippen molar-refractivity contribution in [3.05, 3.63) is 58.9 Å². The van der Waals surface area contributed by atoms with Gasteiger partial charge in [-0.2, -0.15) is 5.10 Å². The Bertz CT molecular complexity index is 1100. The summed E-state index contributed by atoms with van der Waals surface area (Å²) in [6.07, 6.45) is -0.353. The summed E-state index contributed by atoms with van der Waals surface area (Å²) in [6, 6.07) is 9.04. The van der Waals surface area contributed by atoms with E-state index < -0.39 is 24.4 Å². The molecule has 0 atom stereocenters. The van der Waals surface area contributed by atoms with Crippen LogP contribution in [0.5, 0.6) is 0 Å². The summed E-state index contributed by atoms with van der Waals surface area (Å²) in [5, 5.41) is 12.6. The molecule has 2 amide bonds. The van der Waals surface area contributed by atoms with Gasteiger partial charge in [0.25, 0.3) is 12.3 Å². The van der Waals surface area contributed by atoms with Gasteiger partial charge in [-0.1, -0.05) is 13.8 Å². The van der Waals surface area contributed by atoms with Crippen LogP contribution >= 0.6 is 0 Å². The van der Waals surface area contributed by atoms with Gasteiger partial charge in [0.1, 0.15) is 0 Å². The van der Waals surface area contributed by atoms with Crippen molar-refractivity contribution in [2.75, 3.05) is 37.7 Å². The van der Waals surface area contributed by atoms with E-state index in [9.17, 15) is 18.4 Å². The van der Waals surface area contributed by atoms with Gasteiger partial charge in [0.15, 0.2) is 6.61 Å². The number of alkyl halides is 2. The molecule has 0 saturated carbocycles. The van der Waals surface area contributed by atoms with Crippen molar-refractivity contribution in [2.24, 2.45) is 10.2 Å². The molecule has 192 valence electrons. The highest BCUT2D eigenvalue weighted by atomic mass is 19.3. The van der Waals surface area contributed by atoms with Crippen molar-refractivity contribution in [2.45, 2.75) is 32.1 Å². The molecule has 0 spiro atoms. The molecule has 1 aliphatic heterocycles. The highest BCUT2D eigenvalue weighted by Gasteiger charge is 2.28. The van der Waals surface area contributed by atoms with Gasteiger partial charge in [0, 0.05) is 56.0 Å². The van der Waals surface area contributed by atoms with Crippen molar-refractivity contribution in [3.8, 4) is 0 Å². The first-order valence-electron chi connectivity index (χ1n) is 11.5. The summed E-state index contributed by atoms with van der Waals surface area (Å²) in [6.45, 7) is 9.85. The number of imide groups is 1. The Morgan fingerprint density at radius 2 is 2.06 bits per heavy atom. The topological polar surface area (TPSA) is 108 Å². The maximum absolute atomic E-state index is 12.7. The number of aromatic nitrogens is 1. The van der Waals surface area contributed by atoms with E-state index in [1.54, 1.807) is 18.2 Å². The lowest BCUT2D eigenvalue weighted by molar-refractivity contribution is -0.108. The number of piperazine rings is 1. The number of nitrogens with zero attached hydrogens (tertiary/aromatic N) is 4. The third kappa shape index (κ3) is 6.91. The standard InChI is InChI=1S/C25H30F2N6O3/c1-25(2,13-18-5-4-17(14-30-18)24(32-28-3)36-15-22(26)27)21-12-19(33-10-8-29-9-11-33)6-7-20(21)23(35)31-16-34/h4-7,12,14,16,22,29H,3,8-11,13,15H2,1-2H3,(H,31,34,35)/b32-24-. The van der Waals surface area contributed by atoms with Crippen LogP contribution in [0, 0.1) is 0 Å². The second kappa shape index (κ2) is 12.3. The number of carbonyl (C=O) groups is 2. The smallest absolute Gasteiger partial charge is 0.272 e. The first-order chi connectivity index (χ1) is 17.2. The second-order valence-corrected chi connectivity index (χ2v) is 8.91. The third-order valence-electron chi connectivity index (χ3n) is 5.85. The molecule has 0 unspecified atom stereocenters. The Kier molecular flexibility index (Phi) is 9.18. The molecule has 1 saturated heterocycles. The molecule has 1 aliphatic rings. The molecule has 1 aromatic carbocycles. The lowest BCUT2D eigenvalue weighted by Crippen LogP contribution is -2.43. The fourth-order valence-electron chi connectivity index (χ4n) is 4.12. The Labute approximate surface area is 208 Å². The predicted molar refractivity (Wildman–Crippen MR) is 134 cm³/mol. The molecular formula is C25H30F2N6O3.